The average Bonchev–Trinajstić information content (AvgIpc) is 3.60. The van der Waals surface area contributed by atoms with Crippen molar-refractivity contribution in [2.45, 2.75) is 20.8 Å². The van der Waals surface area contributed by atoms with Crippen LogP contribution in [0.4, 0.5) is 11.4 Å². The summed E-state index contributed by atoms with van der Waals surface area (Å²) in [5.74, 6) is 1.21. The van der Waals surface area contributed by atoms with Gasteiger partial charge in [-0.3, -0.25) is 4.68 Å². The van der Waals surface area contributed by atoms with Gasteiger partial charge in [0.25, 0.3) is 0 Å². The molecule has 0 saturated carbocycles. The van der Waals surface area contributed by atoms with Crippen LogP contribution in [0.25, 0.3) is 16.8 Å². The van der Waals surface area contributed by atoms with Crippen LogP contribution in [0.5, 0.6) is 11.5 Å². The van der Waals surface area contributed by atoms with Crippen molar-refractivity contribution in [2.24, 2.45) is 0 Å². The molecule has 0 bridgehead atoms. The molecule has 1 aliphatic heterocycles. The third kappa shape index (κ3) is 5.69. The van der Waals surface area contributed by atoms with Crippen LogP contribution in [0.2, 0.25) is 0 Å². The predicted molar refractivity (Wildman–Crippen MR) is 152 cm³/mol. The summed E-state index contributed by atoms with van der Waals surface area (Å²) in [5, 5.41) is 4.53. The number of hydrogen-bond acceptors (Lipinski definition) is 4. The van der Waals surface area contributed by atoms with Gasteiger partial charge in [0.05, 0.1) is 6.20 Å². The first-order chi connectivity index (χ1) is 18.5. The second-order valence-corrected chi connectivity index (χ2v) is 9.42. The normalized spacial score (nSPS) is 12.5. The molecule has 0 amide bonds. The number of rotatable bonds is 6. The fourth-order valence-electron chi connectivity index (χ4n) is 4.84. The summed E-state index contributed by atoms with van der Waals surface area (Å²) < 4.78 is 7.97. The van der Waals surface area contributed by atoms with Gasteiger partial charge < -0.3 is 14.5 Å². The Hall–Kier alpha value is -4.08. The van der Waals surface area contributed by atoms with Gasteiger partial charge in [0.2, 0.25) is 0 Å². The Kier molecular flexibility index (Phi) is 7.72. The number of ether oxygens (including phenoxy) is 1. The molecule has 6 heteroatoms. The number of benzene rings is 4. The fourth-order valence-corrected chi connectivity index (χ4v) is 4.84. The van der Waals surface area contributed by atoms with E-state index in [0.29, 0.717) is 11.5 Å². The number of hydrogen-bond donors (Lipinski definition) is 0. The maximum Gasteiger partial charge on any atom is 0.0571 e. The molecule has 6 rings (SSSR count). The molecule has 0 N–H and O–H groups in total. The van der Waals surface area contributed by atoms with Crippen molar-refractivity contribution in [1.29, 1.82) is 0 Å². The average molecular weight is 691 g/mol. The zero-order valence-corrected chi connectivity index (χ0v) is 24.2. The van der Waals surface area contributed by atoms with Crippen molar-refractivity contribution in [3.63, 3.8) is 0 Å². The summed E-state index contributed by atoms with van der Waals surface area (Å²) in [6, 6.07) is 33.0. The van der Waals surface area contributed by atoms with E-state index in [4.69, 9.17) is 4.74 Å². The molecule has 1 aromatic heterocycles. The Balaban J connectivity index is 0.00000308. The molecule has 0 fully saturated rings. The first-order valence-corrected chi connectivity index (χ1v) is 12.5. The van der Waals surface area contributed by atoms with Crippen LogP contribution in [-0.2, 0) is 21.1 Å². The molecule has 0 unspecified atom stereocenters. The van der Waals surface area contributed by atoms with Gasteiger partial charge in [0.1, 0.15) is 0 Å². The fraction of sp³-hybridized carbons (Fsp3) is 0.0909. The molecule has 0 spiro atoms. The molecule has 4 aromatic carbocycles. The summed E-state index contributed by atoms with van der Waals surface area (Å²) in [6.07, 6.45) is 7.95. The van der Waals surface area contributed by atoms with Crippen LogP contribution in [0, 0.1) is 39.6 Å². The standard InChI is InChI=1S/C33H27N4O.Pt/c1-24-17-25(2)33(26(3)18-24)36-16-15-35(23-36)29-11-7-13-31(19-29)38-32-14-8-12-30(20-32)37-22-28(21-34-37)27-9-5-4-6-10-27;/h4-18,21-23H,1-3H3;/q-3;. The SMILES string of the molecule is Cc1cc(C)c(N2C=CN(c3[c-]c(Oc4[c-]c(-n5cc(-c6ccccc6)cn5)ccc4)ccc3)[CH-]2)c(C)c1.[Pt]. The van der Waals surface area contributed by atoms with E-state index in [9.17, 15) is 0 Å². The van der Waals surface area contributed by atoms with Gasteiger partial charge in [0.15, 0.2) is 0 Å². The molecule has 2 heterocycles. The van der Waals surface area contributed by atoms with E-state index in [1.165, 1.54) is 22.4 Å². The molecule has 0 atom stereocenters. The van der Waals surface area contributed by atoms with Gasteiger partial charge >= 0.3 is 0 Å². The predicted octanol–water partition coefficient (Wildman–Crippen LogP) is 7.77. The topological polar surface area (TPSA) is 33.5 Å². The van der Waals surface area contributed by atoms with E-state index >= 15 is 0 Å². The number of aryl methyl sites for hydroxylation is 3. The molecular formula is C33H27N4OPt-3. The summed E-state index contributed by atoms with van der Waals surface area (Å²) in [7, 11) is 0. The second kappa shape index (κ2) is 11.3. The summed E-state index contributed by atoms with van der Waals surface area (Å²) in [6.45, 7) is 8.49. The van der Waals surface area contributed by atoms with Crippen LogP contribution in [0.3, 0.4) is 0 Å². The third-order valence-corrected chi connectivity index (χ3v) is 6.47. The van der Waals surface area contributed by atoms with E-state index in [2.05, 4.69) is 80.0 Å². The molecule has 0 saturated heterocycles. The Morgan fingerprint density at radius 3 is 2.08 bits per heavy atom. The van der Waals surface area contributed by atoms with Gasteiger partial charge in [-0.2, -0.15) is 17.2 Å². The molecule has 5 nitrogen and oxygen atoms in total. The van der Waals surface area contributed by atoms with Gasteiger partial charge in [-0.1, -0.05) is 48.0 Å². The van der Waals surface area contributed by atoms with Gasteiger partial charge in [-0.15, -0.1) is 48.8 Å². The number of anilines is 2. The first kappa shape index (κ1) is 26.5. The van der Waals surface area contributed by atoms with Crippen LogP contribution >= 0.6 is 0 Å². The second-order valence-electron chi connectivity index (χ2n) is 9.42. The molecule has 39 heavy (non-hydrogen) atoms. The zero-order chi connectivity index (χ0) is 26.1. The van der Waals surface area contributed by atoms with E-state index in [1.54, 1.807) is 0 Å². The van der Waals surface area contributed by atoms with E-state index < -0.39 is 0 Å². The number of nitrogens with zero attached hydrogens (tertiary/aromatic N) is 4. The molecule has 0 radical (unpaired) electrons. The van der Waals surface area contributed by atoms with Gasteiger partial charge in [0, 0.05) is 50.0 Å². The quantitative estimate of drug-likeness (QED) is 0.171. The van der Waals surface area contributed by atoms with Crippen molar-refractivity contribution >= 4 is 11.4 Å². The molecule has 0 aliphatic carbocycles. The largest absolute Gasteiger partial charge is 0.509 e. The smallest absolute Gasteiger partial charge is 0.0571 e. The minimum Gasteiger partial charge on any atom is -0.509 e. The molecule has 5 aromatic rings. The van der Waals surface area contributed by atoms with E-state index in [-0.39, 0.29) is 21.1 Å². The minimum atomic E-state index is 0. The van der Waals surface area contributed by atoms with Crippen molar-refractivity contribution in [3.8, 4) is 28.3 Å². The van der Waals surface area contributed by atoms with E-state index in [0.717, 1.165) is 22.5 Å². The molecular weight excluding hydrogens is 663 g/mol. The first-order valence-electron chi connectivity index (χ1n) is 12.5. The molecule has 1 aliphatic rings. The van der Waals surface area contributed by atoms with Crippen molar-refractivity contribution in [2.75, 3.05) is 9.80 Å². The van der Waals surface area contributed by atoms with Crippen LogP contribution < -0.4 is 14.5 Å². The van der Waals surface area contributed by atoms with Gasteiger partial charge in [-0.05, 0) is 55.5 Å². The minimum absolute atomic E-state index is 0. The number of aromatic nitrogens is 2. The summed E-state index contributed by atoms with van der Waals surface area (Å²) >= 11 is 0. The Bertz CT molecular complexity index is 1600. The summed E-state index contributed by atoms with van der Waals surface area (Å²) in [5.41, 5.74) is 8.82. The maximum atomic E-state index is 6.16. The Labute approximate surface area is 244 Å². The van der Waals surface area contributed by atoms with Crippen molar-refractivity contribution in [1.82, 2.24) is 9.78 Å². The van der Waals surface area contributed by atoms with Crippen LogP contribution in [-0.4, -0.2) is 9.78 Å². The maximum absolute atomic E-state index is 6.16. The summed E-state index contributed by atoms with van der Waals surface area (Å²) in [4.78, 5) is 4.19. The van der Waals surface area contributed by atoms with Crippen molar-refractivity contribution < 1.29 is 25.8 Å². The third-order valence-electron chi connectivity index (χ3n) is 6.47. The Morgan fingerprint density at radius 2 is 1.36 bits per heavy atom. The van der Waals surface area contributed by atoms with Crippen LogP contribution in [0.1, 0.15) is 16.7 Å². The molecule has 198 valence electrons. The monoisotopic (exact) mass is 690 g/mol. The Morgan fingerprint density at radius 1 is 0.718 bits per heavy atom. The van der Waals surface area contributed by atoms with Gasteiger partial charge in [-0.25, -0.2) is 0 Å². The van der Waals surface area contributed by atoms with Crippen LogP contribution in [0.15, 0.2) is 104 Å². The van der Waals surface area contributed by atoms with E-state index in [1.807, 2.05) is 82.8 Å². The van der Waals surface area contributed by atoms with Crippen molar-refractivity contribution in [3.05, 3.63) is 139 Å². The zero-order valence-electron chi connectivity index (χ0n) is 21.9.